The second kappa shape index (κ2) is 14.8. The summed E-state index contributed by atoms with van der Waals surface area (Å²) in [6.45, 7) is 10.5. The zero-order chi connectivity index (χ0) is 33.6. The summed E-state index contributed by atoms with van der Waals surface area (Å²) in [4.78, 5) is 21.5. The lowest BCUT2D eigenvalue weighted by atomic mass is 9.71. The van der Waals surface area contributed by atoms with Crippen LogP contribution < -0.4 is 9.47 Å². The molecule has 2 aliphatic rings. The highest BCUT2D eigenvalue weighted by Crippen LogP contribution is 2.42. The molecule has 0 N–H and O–H groups in total. The third kappa shape index (κ3) is 8.72. The highest BCUT2D eigenvalue weighted by Gasteiger charge is 2.39. The molecule has 252 valence electrons. The van der Waals surface area contributed by atoms with E-state index in [4.69, 9.17) is 14.2 Å². The number of halogens is 1. The van der Waals surface area contributed by atoms with Crippen molar-refractivity contribution in [2.24, 2.45) is 5.41 Å². The highest BCUT2D eigenvalue weighted by atomic mass is 19.1. The number of ether oxygens (including phenoxy) is 3. The predicted molar refractivity (Wildman–Crippen MR) is 185 cm³/mol. The summed E-state index contributed by atoms with van der Waals surface area (Å²) in [5.74, 6) is 0.441. The Morgan fingerprint density at radius 2 is 1.33 bits per heavy atom. The van der Waals surface area contributed by atoms with Gasteiger partial charge in [-0.25, -0.2) is 9.18 Å². The number of rotatable bonds is 9. The molecule has 2 fully saturated rings. The topological polar surface area (TPSA) is 64.1 Å². The van der Waals surface area contributed by atoms with Gasteiger partial charge in [0.1, 0.15) is 24.6 Å². The van der Waals surface area contributed by atoms with Gasteiger partial charge in [0.2, 0.25) is 11.8 Å². The lowest BCUT2D eigenvalue weighted by Crippen LogP contribution is -2.49. The molecule has 2 aliphatic heterocycles. The van der Waals surface area contributed by atoms with E-state index in [1.165, 1.54) is 0 Å². The molecule has 0 bridgehead atoms. The normalized spacial score (nSPS) is 16.5. The fourth-order valence-corrected chi connectivity index (χ4v) is 6.59. The zero-order valence-electron chi connectivity index (χ0n) is 28.3. The molecule has 7 nitrogen and oxygen atoms in total. The van der Waals surface area contributed by atoms with Gasteiger partial charge < -0.3 is 19.1 Å². The minimum Gasteiger partial charge on any atom is -0.473 e. The summed E-state index contributed by atoms with van der Waals surface area (Å²) in [6.07, 6.45) is 3.97. The quantitative estimate of drug-likeness (QED) is 0.181. The van der Waals surface area contributed by atoms with E-state index in [9.17, 15) is 4.79 Å². The maximum atomic E-state index is 15.8. The molecule has 48 heavy (non-hydrogen) atoms. The van der Waals surface area contributed by atoms with Gasteiger partial charge in [-0.05, 0) is 93.8 Å². The van der Waals surface area contributed by atoms with Gasteiger partial charge in [0.05, 0.1) is 0 Å². The highest BCUT2D eigenvalue weighted by molar-refractivity contribution is 5.70. The van der Waals surface area contributed by atoms with Gasteiger partial charge in [0.15, 0.2) is 0 Å². The van der Waals surface area contributed by atoms with Crippen LogP contribution in [0.1, 0.15) is 63.1 Å². The minimum absolute atomic E-state index is 0.210. The van der Waals surface area contributed by atoms with Crippen LogP contribution in [0.25, 0.3) is 11.1 Å². The molecule has 3 heterocycles. The number of benzene rings is 3. The van der Waals surface area contributed by atoms with E-state index in [1.54, 1.807) is 12.1 Å². The molecule has 3 aromatic carbocycles. The van der Waals surface area contributed by atoms with Gasteiger partial charge >= 0.3 is 6.09 Å². The van der Waals surface area contributed by atoms with E-state index >= 15 is 4.39 Å². The van der Waals surface area contributed by atoms with Gasteiger partial charge in [0, 0.05) is 36.8 Å². The number of carbonyl (C=O) groups is 1. The first kappa shape index (κ1) is 33.5. The number of nitrogens with zero attached hydrogens (tertiary/aromatic N) is 3. The molecule has 0 unspecified atom stereocenters. The average molecular weight is 652 g/mol. The molecule has 1 amide bonds. The van der Waals surface area contributed by atoms with Gasteiger partial charge in [-0.1, -0.05) is 72.8 Å². The lowest BCUT2D eigenvalue weighted by Gasteiger charge is -2.46. The Bertz CT molecular complexity index is 1660. The van der Waals surface area contributed by atoms with Crippen LogP contribution in [0, 0.1) is 11.2 Å². The van der Waals surface area contributed by atoms with Crippen LogP contribution in [-0.2, 0) is 24.5 Å². The first-order chi connectivity index (χ1) is 23.1. The van der Waals surface area contributed by atoms with Crippen molar-refractivity contribution in [3.05, 3.63) is 114 Å². The van der Waals surface area contributed by atoms with Crippen LogP contribution >= 0.6 is 0 Å². The molecule has 2 saturated heterocycles. The molecule has 0 atom stereocenters. The third-order valence-corrected chi connectivity index (χ3v) is 9.41. The first-order valence-electron chi connectivity index (χ1n) is 17.0. The smallest absolute Gasteiger partial charge is 0.410 e. The van der Waals surface area contributed by atoms with Crippen LogP contribution in [0.3, 0.4) is 0 Å². The minimum atomic E-state index is -0.479. The predicted octanol–water partition coefficient (Wildman–Crippen LogP) is 8.66. The Labute approximate surface area is 283 Å². The Balaban J connectivity index is 1.09. The summed E-state index contributed by atoms with van der Waals surface area (Å²) >= 11 is 0. The average Bonchev–Trinajstić information content (AvgIpc) is 3.08. The summed E-state index contributed by atoms with van der Waals surface area (Å²) in [5, 5.41) is 0. The molecule has 4 aromatic rings. The van der Waals surface area contributed by atoms with Crippen molar-refractivity contribution in [3.63, 3.8) is 0 Å². The van der Waals surface area contributed by atoms with Crippen LogP contribution in [-0.4, -0.2) is 52.7 Å². The van der Waals surface area contributed by atoms with Gasteiger partial charge in [-0.3, -0.25) is 4.90 Å². The van der Waals surface area contributed by atoms with Crippen LogP contribution in [0.4, 0.5) is 9.18 Å². The molecule has 8 heteroatoms. The van der Waals surface area contributed by atoms with Crippen LogP contribution in [0.2, 0.25) is 0 Å². The van der Waals surface area contributed by atoms with E-state index in [0.29, 0.717) is 42.6 Å². The Hall–Kier alpha value is -4.43. The molecule has 1 spiro atoms. The van der Waals surface area contributed by atoms with Crippen molar-refractivity contribution in [2.75, 3.05) is 26.2 Å². The second-order valence-electron chi connectivity index (χ2n) is 14.1. The molecular formula is C40H46FN3O4. The van der Waals surface area contributed by atoms with Crippen LogP contribution in [0.5, 0.6) is 11.8 Å². The molecule has 1 aromatic heterocycles. The van der Waals surface area contributed by atoms with E-state index in [-0.39, 0.29) is 17.3 Å². The molecule has 0 aliphatic carbocycles. The van der Waals surface area contributed by atoms with Crippen molar-refractivity contribution in [2.45, 2.75) is 71.8 Å². The summed E-state index contributed by atoms with van der Waals surface area (Å²) in [7, 11) is 0. The number of amides is 1. The van der Waals surface area contributed by atoms with Crippen molar-refractivity contribution >= 4 is 6.09 Å². The molecule has 6 rings (SSSR count). The van der Waals surface area contributed by atoms with Gasteiger partial charge in [0.25, 0.3) is 0 Å². The van der Waals surface area contributed by atoms with Crippen molar-refractivity contribution in [1.29, 1.82) is 0 Å². The largest absolute Gasteiger partial charge is 0.473 e. The zero-order valence-corrected chi connectivity index (χ0v) is 28.3. The molecule has 0 radical (unpaired) electrons. The Morgan fingerprint density at radius 1 is 0.750 bits per heavy atom. The Kier molecular flexibility index (Phi) is 10.3. The number of hydrogen-bond donors (Lipinski definition) is 0. The lowest BCUT2D eigenvalue weighted by molar-refractivity contribution is -0.00313. The van der Waals surface area contributed by atoms with E-state index < -0.39 is 5.60 Å². The van der Waals surface area contributed by atoms with E-state index in [0.717, 1.165) is 68.6 Å². The van der Waals surface area contributed by atoms with E-state index in [2.05, 4.69) is 9.88 Å². The molecule has 0 saturated carbocycles. The third-order valence-electron chi connectivity index (χ3n) is 9.41. The fourth-order valence-electron chi connectivity index (χ4n) is 6.59. The van der Waals surface area contributed by atoms with E-state index in [1.807, 2.05) is 105 Å². The van der Waals surface area contributed by atoms with Gasteiger partial charge in [-0.15, -0.1) is 0 Å². The van der Waals surface area contributed by atoms with Crippen molar-refractivity contribution < 1.29 is 23.4 Å². The summed E-state index contributed by atoms with van der Waals surface area (Å²) in [6, 6.07) is 28.8. The van der Waals surface area contributed by atoms with Crippen molar-refractivity contribution in [3.8, 4) is 22.9 Å². The Morgan fingerprint density at radius 3 is 1.94 bits per heavy atom. The number of hydrogen-bond acceptors (Lipinski definition) is 6. The number of carbonyl (C=O) groups excluding carboxylic acids is 1. The first-order valence-corrected chi connectivity index (χ1v) is 17.0. The SMILES string of the molecule is CC(C)(C)OC(=O)N1CCC2(CCN(Cc3ccc(-c4ccc(OCc5ccccc5)nc4OCc4ccccc4)c(F)c3)CC2)CC1. The fraction of sp³-hybridized carbons (Fsp3) is 0.400. The maximum absolute atomic E-state index is 15.8. The maximum Gasteiger partial charge on any atom is 0.410 e. The number of pyridine rings is 1. The molecular weight excluding hydrogens is 605 g/mol. The number of piperidine rings is 2. The second-order valence-corrected chi connectivity index (χ2v) is 14.1. The van der Waals surface area contributed by atoms with Crippen molar-refractivity contribution in [1.82, 2.24) is 14.8 Å². The standard InChI is InChI=1S/C40H46FN3O4/c1-39(2,3)48-38(45)44-24-20-40(21-25-44)18-22-43(23-19-40)27-32-14-15-33(35(41)26-32)34-16-17-36(46-28-30-10-6-4-7-11-30)42-37(34)47-29-31-12-8-5-9-13-31/h4-17,26H,18-25,27-29H2,1-3H3. The monoisotopic (exact) mass is 651 g/mol. The number of likely N-dealkylation sites (tertiary alicyclic amines) is 2. The summed E-state index contributed by atoms with van der Waals surface area (Å²) < 4.78 is 33.5. The number of aromatic nitrogens is 1. The summed E-state index contributed by atoms with van der Waals surface area (Å²) in [5.41, 5.74) is 3.78. The van der Waals surface area contributed by atoms with Gasteiger partial charge in [-0.2, -0.15) is 4.98 Å². The van der Waals surface area contributed by atoms with Crippen LogP contribution in [0.15, 0.2) is 91.0 Å².